The third kappa shape index (κ3) is 2.95. The zero-order valence-electron chi connectivity index (χ0n) is 7.17. The summed E-state index contributed by atoms with van der Waals surface area (Å²) in [6, 6.07) is 0. The largest absolute Gasteiger partial charge is 0.355 e. The number of halogens is 1. The monoisotopic (exact) mass is 205 g/mol. The summed E-state index contributed by atoms with van der Waals surface area (Å²) in [5, 5.41) is 11.7. The summed E-state index contributed by atoms with van der Waals surface area (Å²) in [5.41, 5.74) is 1.71. The quantitative estimate of drug-likeness (QED) is 0.767. The van der Waals surface area contributed by atoms with Gasteiger partial charge in [-0.2, -0.15) is 0 Å². The molecule has 0 aromatic carbocycles. The Bertz CT molecular complexity index is 223. The van der Waals surface area contributed by atoms with Crippen LogP contribution < -0.4 is 5.32 Å². The lowest BCUT2D eigenvalue weighted by Gasteiger charge is -2.24. The first-order valence-corrected chi connectivity index (χ1v) is 5.16. The number of anilines is 1. The molecule has 0 amide bonds. The molecule has 1 heterocycles. The van der Waals surface area contributed by atoms with Crippen molar-refractivity contribution in [1.82, 2.24) is 10.2 Å². The van der Waals surface area contributed by atoms with E-state index in [2.05, 4.69) is 29.4 Å². The Kier molecular flexibility index (Phi) is 3.29. The van der Waals surface area contributed by atoms with Gasteiger partial charge in [-0.15, -0.1) is 21.8 Å². The summed E-state index contributed by atoms with van der Waals surface area (Å²) in [7, 11) is 0. The molecule has 1 aromatic rings. The Morgan fingerprint density at radius 2 is 2.42 bits per heavy atom. The molecule has 0 aliphatic rings. The fourth-order valence-electron chi connectivity index (χ4n) is 0.816. The molecular formula is C7H12ClN3S. The van der Waals surface area contributed by atoms with Gasteiger partial charge in [0.25, 0.3) is 0 Å². The van der Waals surface area contributed by atoms with E-state index >= 15 is 0 Å². The van der Waals surface area contributed by atoms with E-state index in [4.69, 9.17) is 11.6 Å². The first kappa shape index (κ1) is 9.74. The molecule has 0 spiro atoms. The van der Waals surface area contributed by atoms with E-state index < -0.39 is 0 Å². The van der Waals surface area contributed by atoms with E-state index in [0.717, 1.165) is 11.6 Å². The first-order chi connectivity index (χ1) is 5.64. The van der Waals surface area contributed by atoms with Crippen LogP contribution in [-0.2, 0) is 0 Å². The fraction of sp³-hybridized carbons (Fsp3) is 0.714. The Hall–Kier alpha value is -0.350. The van der Waals surface area contributed by atoms with Gasteiger partial charge in [0.05, 0.1) is 0 Å². The molecule has 0 fully saturated rings. The topological polar surface area (TPSA) is 37.8 Å². The van der Waals surface area contributed by atoms with Crippen LogP contribution in [0.2, 0.25) is 0 Å². The molecule has 0 aliphatic heterocycles. The standard InChI is InChI=1S/C7H12ClN3S/c1-7(2,3-4-8)10-6-11-9-5-12-6/h5H,3-4H2,1-2H3,(H,10,11). The van der Waals surface area contributed by atoms with Crippen molar-refractivity contribution in [3.63, 3.8) is 0 Å². The van der Waals surface area contributed by atoms with E-state index in [9.17, 15) is 0 Å². The summed E-state index contributed by atoms with van der Waals surface area (Å²) < 4.78 is 0. The van der Waals surface area contributed by atoms with Crippen molar-refractivity contribution in [1.29, 1.82) is 0 Å². The predicted octanol–water partition coefficient (Wildman–Crippen LogP) is 2.36. The van der Waals surface area contributed by atoms with Crippen molar-refractivity contribution in [2.45, 2.75) is 25.8 Å². The highest BCUT2D eigenvalue weighted by atomic mass is 35.5. The maximum absolute atomic E-state index is 5.65. The van der Waals surface area contributed by atoms with Crippen LogP contribution in [0.1, 0.15) is 20.3 Å². The van der Waals surface area contributed by atoms with Gasteiger partial charge in [-0.3, -0.25) is 0 Å². The fourth-order valence-corrected chi connectivity index (χ4v) is 1.91. The zero-order chi connectivity index (χ0) is 9.03. The normalized spacial score (nSPS) is 11.6. The van der Waals surface area contributed by atoms with Crippen LogP contribution in [0.25, 0.3) is 0 Å². The minimum atomic E-state index is 0.00127. The SMILES string of the molecule is CC(C)(CCCl)Nc1nncs1. The Labute approximate surface area is 81.2 Å². The van der Waals surface area contributed by atoms with Crippen LogP contribution in [0.15, 0.2) is 5.51 Å². The van der Waals surface area contributed by atoms with E-state index in [-0.39, 0.29) is 5.54 Å². The van der Waals surface area contributed by atoms with Crippen LogP contribution in [0.4, 0.5) is 5.13 Å². The van der Waals surface area contributed by atoms with Crippen LogP contribution in [-0.4, -0.2) is 21.6 Å². The third-order valence-corrected chi connectivity index (χ3v) is 2.32. The van der Waals surface area contributed by atoms with Gasteiger partial charge in [0.2, 0.25) is 5.13 Å². The summed E-state index contributed by atoms with van der Waals surface area (Å²) in [5.74, 6) is 0.652. The minimum Gasteiger partial charge on any atom is -0.355 e. The van der Waals surface area contributed by atoms with Gasteiger partial charge in [0.15, 0.2) is 0 Å². The smallest absolute Gasteiger partial charge is 0.205 e. The summed E-state index contributed by atoms with van der Waals surface area (Å²) in [6.45, 7) is 4.19. The van der Waals surface area contributed by atoms with E-state index in [0.29, 0.717) is 5.88 Å². The molecule has 0 radical (unpaired) electrons. The van der Waals surface area contributed by atoms with Crippen LogP contribution in [0.3, 0.4) is 0 Å². The molecule has 5 heteroatoms. The molecule has 0 saturated carbocycles. The Morgan fingerprint density at radius 3 is 2.92 bits per heavy atom. The van der Waals surface area contributed by atoms with Gasteiger partial charge < -0.3 is 5.32 Å². The number of hydrogen-bond donors (Lipinski definition) is 1. The number of nitrogens with one attached hydrogen (secondary N) is 1. The lowest BCUT2D eigenvalue weighted by molar-refractivity contribution is 0.549. The summed E-state index contributed by atoms with van der Waals surface area (Å²) >= 11 is 7.15. The highest BCUT2D eigenvalue weighted by Crippen LogP contribution is 2.19. The second kappa shape index (κ2) is 4.05. The molecule has 68 valence electrons. The number of aromatic nitrogens is 2. The first-order valence-electron chi connectivity index (χ1n) is 3.74. The highest BCUT2D eigenvalue weighted by molar-refractivity contribution is 7.13. The van der Waals surface area contributed by atoms with Gasteiger partial charge in [-0.25, -0.2) is 0 Å². The maximum Gasteiger partial charge on any atom is 0.205 e. The van der Waals surface area contributed by atoms with E-state index in [1.54, 1.807) is 5.51 Å². The van der Waals surface area contributed by atoms with Crippen molar-refractivity contribution in [2.24, 2.45) is 0 Å². The zero-order valence-corrected chi connectivity index (χ0v) is 8.74. The van der Waals surface area contributed by atoms with Gasteiger partial charge in [-0.05, 0) is 20.3 Å². The van der Waals surface area contributed by atoms with Gasteiger partial charge in [0, 0.05) is 11.4 Å². The van der Waals surface area contributed by atoms with Gasteiger partial charge >= 0.3 is 0 Å². The second-order valence-corrected chi connectivity index (χ2v) is 4.40. The number of alkyl halides is 1. The molecule has 1 N–H and O–H groups in total. The van der Waals surface area contributed by atoms with Crippen molar-refractivity contribution >= 4 is 28.1 Å². The predicted molar refractivity (Wildman–Crippen MR) is 52.9 cm³/mol. The van der Waals surface area contributed by atoms with Crippen molar-refractivity contribution in [3.8, 4) is 0 Å². The second-order valence-electron chi connectivity index (χ2n) is 3.19. The highest BCUT2D eigenvalue weighted by Gasteiger charge is 2.17. The van der Waals surface area contributed by atoms with Crippen molar-refractivity contribution in [2.75, 3.05) is 11.2 Å². The van der Waals surface area contributed by atoms with E-state index in [1.165, 1.54) is 11.3 Å². The van der Waals surface area contributed by atoms with Crippen molar-refractivity contribution in [3.05, 3.63) is 5.51 Å². The molecule has 0 bridgehead atoms. The van der Waals surface area contributed by atoms with E-state index in [1.807, 2.05) is 0 Å². The summed E-state index contributed by atoms with van der Waals surface area (Å²) in [6.07, 6.45) is 0.911. The maximum atomic E-state index is 5.65. The lowest BCUT2D eigenvalue weighted by Crippen LogP contribution is -2.31. The number of hydrogen-bond acceptors (Lipinski definition) is 4. The Balaban J connectivity index is 2.50. The van der Waals surface area contributed by atoms with Crippen LogP contribution >= 0.6 is 22.9 Å². The molecule has 1 rings (SSSR count). The molecule has 0 aliphatic carbocycles. The van der Waals surface area contributed by atoms with Crippen LogP contribution in [0, 0.1) is 0 Å². The molecule has 12 heavy (non-hydrogen) atoms. The minimum absolute atomic E-state index is 0.00127. The average Bonchev–Trinajstić information content (AvgIpc) is 2.38. The molecule has 1 aromatic heterocycles. The molecule has 0 atom stereocenters. The third-order valence-electron chi connectivity index (χ3n) is 1.52. The molecule has 3 nitrogen and oxygen atoms in total. The molecule has 0 unspecified atom stereocenters. The Morgan fingerprint density at radius 1 is 1.67 bits per heavy atom. The number of nitrogens with zero attached hydrogens (tertiary/aromatic N) is 2. The molecular weight excluding hydrogens is 194 g/mol. The molecule has 0 saturated heterocycles. The lowest BCUT2D eigenvalue weighted by atomic mass is 10.0. The van der Waals surface area contributed by atoms with Crippen molar-refractivity contribution < 1.29 is 0 Å². The average molecular weight is 206 g/mol. The van der Waals surface area contributed by atoms with Gasteiger partial charge in [0.1, 0.15) is 5.51 Å². The number of rotatable bonds is 4. The van der Waals surface area contributed by atoms with Crippen LogP contribution in [0.5, 0.6) is 0 Å². The summed E-state index contributed by atoms with van der Waals surface area (Å²) in [4.78, 5) is 0. The van der Waals surface area contributed by atoms with Gasteiger partial charge in [-0.1, -0.05) is 11.3 Å².